The Kier molecular flexibility index (Phi) is 8.09. The molecule has 150 valence electrons. The highest BCUT2D eigenvalue weighted by atomic mass is 16.5. The van der Waals surface area contributed by atoms with Crippen LogP contribution in [-0.4, -0.2) is 19.2 Å². The van der Waals surface area contributed by atoms with E-state index in [2.05, 4.69) is 13.0 Å². The van der Waals surface area contributed by atoms with Gasteiger partial charge in [0.2, 0.25) is 5.88 Å². The molecule has 0 fully saturated rings. The number of nitrogens with two attached hydrogens (primary N) is 1. The molecule has 2 N–H and O–H groups in total. The number of hydrogen-bond acceptors (Lipinski definition) is 6. The number of unbranched alkanes of at least 4 members (excludes halogenated alkanes) is 2. The molecule has 0 saturated carbocycles. The van der Waals surface area contributed by atoms with Gasteiger partial charge in [0, 0.05) is 6.61 Å². The van der Waals surface area contributed by atoms with E-state index < -0.39 is 11.9 Å². The number of allylic oxidation sites excluding steroid dienone is 2. The van der Waals surface area contributed by atoms with Crippen LogP contribution in [0.2, 0.25) is 0 Å². The van der Waals surface area contributed by atoms with Gasteiger partial charge < -0.3 is 19.9 Å². The highest BCUT2D eigenvalue weighted by Crippen LogP contribution is 2.40. The molecule has 1 heterocycles. The van der Waals surface area contributed by atoms with Crippen molar-refractivity contribution in [2.24, 2.45) is 5.73 Å². The minimum absolute atomic E-state index is 0.0108. The summed E-state index contributed by atoms with van der Waals surface area (Å²) >= 11 is 0. The number of hydrogen-bond donors (Lipinski definition) is 1. The number of benzene rings is 1. The summed E-state index contributed by atoms with van der Waals surface area (Å²) in [5.74, 6) is -0.799. The lowest BCUT2D eigenvalue weighted by atomic mass is 9.81. The van der Waals surface area contributed by atoms with Crippen LogP contribution >= 0.6 is 0 Å². The van der Waals surface area contributed by atoms with E-state index in [0.29, 0.717) is 24.5 Å². The zero-order valence-electron chi connectivity index (χ0n) is 16.8. The van der Waals surface area contributed by atoms with Gasteiger partial charge in [-0.15, -0.1) is 0 Å². The molecule has 6 heteroatoms. The van der Waals surface area contributed by atoms with Crippen LogP contribution in [0.15, 0.2) is 47.1 Å². The lowest BCUT2D eigenvalue weighted by Crippen LogP contribution is -2.26. The lowest BCUT2D eigenvalue weighted by molar-refractivity contribution is -0.139. The average molecular weight is 384 g/mol. The number of carbonyl (C=O) groups excluding carboxylic acids is 1. The number of carbonyl (C=O) groups is 1. The van der Waals surface area contributed by atoms with E-state index in [4.69, 9.17) is 19.9 Å². The Morgan fingerprint density at radius 3 is 2.71 bits per heavy atom. The maximum atomic E-state index is 12.6. The summed E-state index contributed by atoms with van der Waals surface area (Å²) in [6, 6.07) is 9.71. The van der Waals surface area contributed by atoms with Crippen LogP contribution in [0.1, 0.15) is 57.1 Å². The lowest BCUT2D eigenvalue weighted by Gasteiger charge is -2.28. The van der Waals surface area contributed by atoms with Crippen LogP contribution in [0.25, 0.3) is 0 Å². The molecule has 1 aliphatic rings. The standard InChI is InChI=1S/C22H28N2O4/c1-4-6-9-12-26-14-16-10-7-8-11-17(16)20-18(13-23)21(24)28-15(3)19(20)22(25)27-5-2/h7-8,10-11,20H,4-6,9,12,14,24H2,1-3H3. The summed E-state index contributed by atoms with van der Waals surface area (Å²) in [5, 5.41) is 9.70. The first-order chi connectivity index (χ1) is 13.5. The highest BCUT2D eigenvalue weighted by molar-refractivity contribution is 5.92. The molecule has 1 aromatic rings. The van der Waals surface area contributed by atoms with Crippen molar-refractivity contribution < 1.29 is 19.0 Å². The van der Waals surface area contributed by atoms with Gasteiger partial charge in [-0.05, 0) is 31.4 Å². The number of ether oxygens (including phenoxy) is 3. The number of esters is 1. The predicted octanol–water partition coefficient (Wildman–Crippen LogP) is 4.04. The topological polar surface area (TPSA) is 94.6 Å². The first-order valence-corrected chi connectivity index (χ1v) is 9.66. The van der Waals surface area contributed by atoms with Crippen LogP contribution in [0.3, 0.4) is 0 Å². The van der Waals surface area contributed by atoms with E-state index >= 15 is 0 Å². The molecule has 1 aromatic carbocycles. The first kappa shape index (κ1) is 21.5. The summed E-state index contributed by atoms with van der Waals surface area (Å²) in [4.78, 5) is 12.6. The smallest absolute Gasteiger partial charge is 0.338 e. The Balaban J connectivity index is 2.42. The molecule has 0 spiro atoms. The third-order valence-corrected chi connectivity index (χ3v) is 4.62. The van der Waals surface area contributed by atoms with E-state index in [1.807, 2.05) is 24.3 Å². The Bertz CT molecular complexity index is 805. The van der Waals surface area contributed by atoms with Crippen LogP contribution in [0.5, 0.6) is 0 Å². The summed E-state index contributed by atoms with van der Waals surface area (Å²) < 4.78 is 16.5. The van der Waals surface area contributed by atoms with Crippen molar-refractivity contribution in [1.82, 2.24) is 0 Å². The van der Waals surface area contributed by atoms with Crippen molar-refractivity contribution in [3.8, 4) is 6.07 Å². The average Bonchev–Trinajstić information content (AvgIpc) is 2.67. The molecule has 6 nitrogen and oxygen atoms in total. The molecule has 0 amide bonds. The maximum Gasteiger partial charge on any atom is 0.338 e. The Morgan fingerprint density at radius 2 is 2.04 bits per heavy atom. The molecule has 0 aromatic heterocycles. The van der Waals surface area contributed by atoms with Crippen LogP contribution < -0.4 is 5.73 Å². The second-order valence-electron chi connectivity index (χ2n) is 6.57. The summed E-state index contributed by atoms with van der Waals surface area (Å²) in [6.07, 6.45) is 3.25. The van der Waals surface area contributed by atoms with Crippen molar-refractivity contribution in [1.29, 1.82) is 5.26 Å². The number of nitrogens with zero attached hydrogens (tertiary/aromatic N) is 1. The highest BCUT2D eigenvalue weighted by Gasteiger charge is 2.37. The van der Waals surface area contributed by atoms with Gasteiger partial charge in [-0.1, -0.05) is 44.0 Å². The number of rotatable bonds is 9. The van der Waals surface area contributed by atoms with E-state index in [-0.39, 0.29) is 18.1 Å². The van der Waals surface area contributed by atoms with Crippen molar-refractivity contribution in [2.75, 3.05) is 13.2 Å². The predicted molar refractivity (Wildman–Crippen MR) is 106 cm³/mol. The van der Waals surface area contributed by atoms with Crippen LogP contribution in [0, 0.1) is 11.3 Å². The third-order valence-electron chi connectivity index (χ3n) is 4.62. The zero-order chi connectivity index (χ0) is 20.5. The molecule has 1 unspecified atom stereocenters. The zero-order valence-corrected chi connectivity index (χ0v) is 16.8. The van der Waals surface area contributed by atoms with Crippen LogP contribution in [-0.2, 0) is 25.6 Å². The van der Waals surface area contributed by atoms with Gasteiger partial charge in [0.05, 0.1) is 24.7 Å². The van der Waals surface area contributed by atoms with Gasteiger partial charge in [-0.3, -0.25) is 0 Å². The fraction of sp³-hybridized carbons (Fsp3) is 0.455. The molecule has 0 radical (unpaired) electrons. The van der Waals surface area contributed by atoms with Crippen molar-refractivity contribution >= 4 is 5.97 Å². The summed E-state index contributed by atoms with van der Waals surface area (Å²) in [6.45, 7) is 6.82. The van der Waals surface area contributed by atoms with Crippen molar-refractivity contribution in [2.45, 2.75) is 52.6 Å². The van der Waals surface area contributed by atoms with E-state index in [9.17, 15) is 10.1 Å². The normalized spacial score (nSPS) is 16.6. The number of nitriles is 1. The van der Waals surface area contributed by atoms with E-state index in [1.54, 1.807) is 13.8 Å². The third kappa shape index (κ3) is 4.93. The van der Waals surface area contributed by atoms with Crippen molar-refractivity contribution in [3.05, 3.63) is 58.2 Å². The van der Waals surface area contributed by atoms with Gasteiger partial charge >= 0.3 is 5.97 Å². The van der Waals surface area contributed by atoms with Gasteiger partial charge in [0.25, 0.3) is 0 Å². The molecule has 0 aliphatic carbocycles. The van der Waals surface area contributed by atoms with E-state index in [0.717, 1.165) is 30.4 Å². The molecule has 0 saturated heterocycles. The quantitative estimate of drug-likeness (QED) is 0.510. The minimum atomic E-state index is -0.645. The van der Waals surface area contributed by atoms with Crippen LogP contribution in [0.4, 0.5) is 0 Å². The van der Waals surface area contributed by atoms with E-state index in [1.165, 1.54) is 0 Å². The van der Waals surface area contributed by atoms with Crippen molar-refractivity contribution in [3.63, 3.8) is 0 Å². The second kappa shape index (κ2) is 10.5. The monoisotopic (exact) mass is 384 g/mol. The fourth-order valence-corrected chi connectivity index (χ4v) is 3.25. The molecule has 2 rings (SSSR count). The molecule has 0 bridgehead atoms. The Morgan fingerprint density at radius 1 is 1.29 bits per heavy atom. The molecular formula is C22H28N2O4. The Labute approximate surface area is 166 Å². The second-order valence-corrected chi connectivity index (χ2v) is 6.57. The van der Waals surface area contributed by atoms with Gasteiger partial charge in [-0.2, -0.15) is 5.26 Å². The van der Waals surface area contributed by atoms with Gasteiger partial charge in [0.15, 0.2) is 0 Å². The molecule has 28 heavy (non-hydrogen) atoms. The van der Waals surface area contributed by atoms with Gasteiger partial charge in [-0.25, -0.2) is 4.79 Å². The molecule has 1 aliphatic heterocycles. The Hall–Kier alpha value is -2.78. The minimum Gasteiger partial charge on any atom is -0.463 e. The first-order valence-electron chi connectivity index (χ1n) is 9.66. The fourth-order valence-electron chi connectivity index (χ4n) is 3.25. The summed E-state index contributed by atoms with van der Waals surface area (Å²) in [5.41, 5.74) is 8.16. The molecular weight excluding hydrogens is 356 g/mol. The molecule has 1 atom stereocenters. The maximum absolute atomic E-state index is 12.6. The van der Waals surface area contributed by atoms with Gasteiger partial charge in [0.1, 0.15) is 17.4 Å². The SMILES string of the molecule is CCCCCOCc1ccccc1C1C(C#N)=C(N)OC(C)=C1C(=O)OCC. The summed E-state index contributed by atoms with van der Waals surface area (Å²) in [7, 11) is 0. The largest absolute Gasteiger partial charge is 0.463 e.